The summed E-state index contributed by atoms with van der Waals surface area (Å²) in [6, 6.07) is 0. The van der Waals surface area contributed by atoms with Gasteiger partial charge in [-0.2, -0.15) is 0 Å². The summed E-state index contributed by atoms with van der Waals surface area (Å²) in [4.78, 5) is 17.4. The number of hydrogen-bond acceptors (Lipinski definition) is 7. The van der Waals surface area contributed by atoms with Gasteiger partial charge in [0.15, 0.2) is 5.03 Å². The monoisotopic (exact) mass is 201 g/mol. The van der Waals surface area contributed by atoms with Gasteiger partial charge < -0.3 is 5.43 Å². The van der Waals surface area contributed by atoms with Gasteiger partial charge in [0.25, 0.3) is 0 Å². The van der Waals surface area contributed by atoms with Crippen LogP contribution >= 0.6 is 11.8 Å². The SMILES string of the molecule is CSc1ncnc(NN)c1[N+](=O)[O-]. The molecule has 0 fully saturated rings. The Labute approximate surface area is 77.9 Å². The molecule has 1 aromatic heterocycles. The molecular weight excluding hydrogens is 194 g/mol. The first-order chi connectivity index (χ1) is 6.20. The molecular formula is C5H7N5O2S. The molecule has 0 radical (unpaired) electrons. The molecule has 7 nitrogen and oxygen atoms in total. The van der Waals surface area contributed by atoms with E-state index >= 15 is 0 Å². The van der Waals surface area contributed by atoms with Crippen LogP contribution in [0.4, 0.5) is 11.5 Å². The summed E-state index contributed by atoms with van der Waals surface area (Å²) in [5.41, 5.74) is 1.95. The minimum atomic E-state index is -0.568. The highest BCUT2D eigenvalue weighted by Crippen LogP contribution is 2.29. The van der Waals surface area contributed by atoms with Gasteiger partial charge in [0.05, 0.1) is 4.92 Å². The van der Waals surface area contributed by atoms with Crippen molar-refractivity contribution in [3.8, 4) is 0 Å². The molecule has 0 bridgehead atoms. The second kappa shape index (κ2) is 4.01. The van der Waals surface area contributed by atoms with E-state index < -0.39 is 4.92 Å². The van der Waals surface area contributed by atoms with Crippen LogP contribution in [0.5, 0.6) is 0 Å². The number of nitrogen functional groups attached to an aromatic ring is 1. The van der Waals surface area contributed by atoms with Crippen molar-refractivity contribution < 1.29 is 4.92 Å². The Morgan fingerprint density at radius 2 is 2.38 bits per heavy atom. The van der Waals surface area contributed by atoms with E-state index in [1.807, 2.05) is 0 Å². The Morgan fingerprint density at radius 1 is 1.69 bits per heavy atom. The van der Waals surface area contributed by atoms with Crippen LogP contribution < -0.4 is 11.3 Å². The first kappa shape index (κ1) is 9.68. The van der Waals surface area contributed by atoms with Crippen molar-refractivity contribution in [1.82, 2.24) is 9.97 Å². The van der Waals surface area contributed by atoms with Crippen molar-refractivity contribution in [3.05, 3.63) is 16.4 Å². The Balaban J connectivity index is 3.29. The molecule has 0 spiro atoms. The van der Waals surface area contributed by atoms with Crippen LogP contribution in [-0.4, -0.2) is 21.1 Å². The Bertz CT molecular complexity index is 308. The number of nitro groups is 1. The van der Waals surface area contributed by atoms with Crippen LogP contribution in [0.2, 0.25) is 0 Å². The molecule has 13 heavy (non-hydrogen) atoms. The molecule has 3 N–H and O–H groups in total. The fraction of sp³-hybridized carbons (Fsp3) is 0.200. The summed E-state index contributed by atoms with van der Waals surface area (Å²) in [5, 5.41) is 10.9. The number of anilines is 1. The van der Waals surface area contributed by atoms with Crippen molar-refractivity contribution >= 4 is 23.3 Å². The maximum absolute atomic E-state index is 10.6. The molecule has 0 aliphatic rings. The standard InChI is InChI=1S/C5H7N5O2S/c1-13-5-3(10(11)12)4(9-6)7-2-8-5/h2H,6H2,1H3,(H,7,8,9). The minimum Gasteiger partial charge on any atom is -0.303 e. The van der Waals surface area contributed by atoms with Gasteiger partial charge >= 0.3 is 5.69 Å². The smallest absolute Gasteiger partial charge is 0.303 e. The third kappa shape index (κ3) is 1.84. The van der Waals surface area contributed by atoms with E-state index in [0.29, 0.717) is 0 Å². The van der Waals surface area contributed by atoms with Crippen LogP contribution in [0.3, 0.4) is 0 Å². The number of nitrogens with zero attached hydrogens (tertiary/aromatic N) is 3. The number of hydrazine groups is 1. The average molecular weight is 201 g/mol. The summed E-state index contributed by atoms with van der Waals surface area (Å²) in [6.07, 6.45) is 2.91. The second-order valence-electron chi connectivity index (χ2n) is 1.98. The quantitative estimate of drug-likeness (QED) is 0.239. The van der Waals surface area contributed by atoms with Crippen molar-refractivity contribution in [2.75, 3.05) is 11.7 Å². The second-order valence-corrected chi connectivity index (χ2v) is 2.78. The van der Waals surface area contributed by atoms with Gasteiger partial charge in [0, 0.05) is 0 Å². The normalized spacial score (nSPS) is 9.69. The minimum absolute atomic E-state index is 0.0179. The molecule has 0 saturated carbocycles. The zero-order chi connectivity index (χ0) is 9.84. The van der Waals surface area contributed by atoms with Gasteiger partial charge in [0.2, 0.25) is 5.82 Å². The van der Waals surface area contributed by atoms with E-state index in [4.69, 9.17) is 5.84 Å². The Kier molecular flexibility index (Phi) is 2.98. The molecule has 0 aliphatic carbocycles. The number of nitrogens with two attached hydrogens (primary N) is 1. The first-order valence-electron chi connectivity index (χ1n) is 3.20. The fourth-order valence-corrected chi connectivity index (χ4v) is 1.30. The zero-order valence-electron chi connectivity index (χ0n) is 6.72. The van der Waals surface area contributed by atoms with E-state index in [9.17, 15) is 10.1 Å². The van der Waals surface area contributed by atoms with Crippen molar-refractivity contribution in [3.63, 3.8) is 0 Å². The zero-order valence-corrected chi connectivity index (χ0v) is 7.54. The van der Waals surface area contributed by atoms with Crippen LogP contribution in [0.1, 0.15) is 0 Å². The van der Waals surface area contributed by atoms with E-state index in [0.717, 1.165) is 11.8 Å². The van der Waals surface area contributed by atoms with E-state index in [1.165, 1.54) is 6.33 Å². The van der Waals surface area contributed by atoms with Crippen LogP contribution in [0.25, 0.3) is 0 Å². The number of nitrogens with one attached hydrogen (secondary N) is 1. The highest BCUT2D eigenvalue weighted by atomic mass is 32.2. The van der Waals surface area contributed by atoms with E-state index in [2.05, 4.69) is 15.4 Å². The third-order valence-electron chi connectivity index (χ3n) is 1.30. The largest absolute Gasteiger partial charge is 0.344 e. The van der Waals surface area contributed by atoms with Gasteiger partial charge in [-0.05, 0) is 6.26 Å². The van der Waals surface area contributed by atoms with Crippen LogP contribution in [0.15, 0.2) is 11.4 Å². The first-order valence-corrected chi connectivity index (χ1v) is 4.43. The van der Waals surface area contributed by atoms with Gasteiger partial charge in [-0.15, -0.1) is 11.8 Å². The van der Waals surface area contributed by atoms with E-state index in [1.54, 1.807) is 6.26 Å². The molecule has 0 aliphatic heterocycles. The molecule has 1 rings (SSSR count). The number of thioether (sulfide) groups is 1. The lowest BCUT2D eigenvalue weighted by Gasteiger charge is -2.02. The highest BCUT2D eigenvalue weighted by Gasteiger charge is 2.21. The molecule has 0 aromatic carbocycles. The Hall–Kier alpha value is -1.41. The van der Waals surface area contributed by atoms with Crippen molar-refractivity contribution in [2.24, 2.45) is 5.84 Å². The Morgan fingerprint density at radius 3 is 2.85 bits per heavy atom. The summed E-state index contributed by atoms with van der Waals surface area (Å²) in [6.45, 7) is 0. The van der Waals surface area contributed by atoms with Gasteiger partial charge in [-0.1, -0.05) is 0 Å². The molecule has 0 atom stereocenters. The van der Waals surface area contributed by atoms with Gasteiger partial charge in [-0.3, -0.25) is 10.1 Å². The molecule has 70 valence electrons. The molecule has 1 aromatic rings. The van der Waals surface area contributed by atoms with Gasteiger partial charge in [-0.25, -0.2) is 15.8 Å². The van der Waals surface area contributed by atoms with Gasteiger partial charge in [0.1, 0.15) is 6.33 Å². The number of rotatable bonds is 3. The van der Waals surface area contributed by atoms with E-state index in [-0.39, 0.29) is 16.5 Å². The molecule has 0 amide bonds. The summed E-state index contributed by atoms with van der Waals surface area (Å²) >= 11 is 1.16. The summed E-state index contributed by atoms with van der Waals surface area (Å²) < 4.78 is 0. The average Bonchev–Trinajstić information content (AvgIpc) is 2.16. The topological polar surface area (TPSA) is 107 Å². The summed E-state index contributed by atoms with van der Waals surface area (Å²) in [7, 11) is 0. The fourth-order valence-electron chi connectivity index (χ4n) is 0.782. The van der Waals surface area contributed by atoms with Crippen molar-refractivity contribution in [2.45, 2.75) is 5.03 Å². The molecule has 8 heteroatoms. The van der Waals surface area contributed by atoms with Crippen molar-refractivity contribution in [1.29, 1.82) is 0 Å². The molecule has 1 heterocycles. The maximum atomic E-state index is 10.6. The number of aromatic nitrogens is 2. The lowest BCUT2D eigenvalue weighted by Crippen LogP contribution is -2.11. The number of hydrogen-bond donors (Lipinski definition) is 2. The maximum Gasteiger partial charge on any atom is 0.344 e. The van der Waals surface area contributed by atoms with Crippen LogP contribution in [0, 0.1) is 10.1 Å². The summed E-state index contributed by atoms with van der Waals surface area (Å²) in [5.74, 6) is 5.08. The predicted molar refractivity (Wildman–Crippen MR) is 48.3 cm³/mol. The lowest BCUT2D eigenvalue weighted by atomic mass is 10.5. The molecule has 0 unspecified atom stereocenters. The van der Waals surface area contributed by atoms with Crippen LogP contribution in [-0.2, 0) is 0 Å². The highest BCUT2D eigenvalue weighted by molar-refractivity contribution is 7.98. The predicted octanol–water partition coefficient (Wildman–Crippen LogP) is 0.392. The third-order valence-corrected chi connectivity index (χ3v) is 1.99. The molecule has 0 saturated heterocycles. The lowest BCUT2D eigenvalue weighted by molar-refractivity contribution is -0.387.